The smallest absolute Gasteiger partial charge is 0.338 e. The lowest BCUT2D eigenvalue weighted by molar-refractivity contribution is 0.0692. The van der Waals surface area contributed by atoms with Crippen LogP contribution in [0, 0.1) is 5.82 Å². The standard InChI is InChI=1S/C22H18FN3O2S/c23-20-12-16(10-11-19(20)21(27)28)18-9-5-4-8-17(18)13-25-26-22(24)29-14-15-6-2-1-3-7-15/h1-13H,14H2,(H2,24,26)(H,27,28). The van der Waals surface area contributed by atoms with E-state index in [4.69, 9.17) is 10.8 Å². The van der Waals surface area contributed by atoms with Crippen LogP contribution in [-0.2, 0) is 5.75 Å². The summed E-state index contributed by atoms with van der Waals surface area (Å²) < 4.78 is 14.0. The average molecular weight is 407 g/mol. The van der Waals surface area contributed by atoms with Gasteiger partial charge in [0.25, 0.3) is 0 Å². The number of carbonyl (C=O) groups is 1. The van der Waals surface area contributed by atoms with Crippen molar-refractivity contribution in [1.82, 2.24) is 0 Å². The van der Waals surface area contributed by atoms with E-state index in [0.29, 0.717) is 27.6 Å². The first-order valence-corrected chi connectivity index (χ1v) is 9.68. The summed E-state index contributed by atoms with van der Waals surface area (Å²) in [5, 5.41) is 17.3. The quantitative estimate of drug-likeness (QED) is 0.350. The molecule has 0 heterocycles. The molecule has 0 bridgehead atoms. The Kier molecular flexibility index (Phi) is 6.76. The number of benzene rings is 3. The van der Waals surface area contributed by atoms with Crippen LogP contribution in [0.1, 0.15) is 21.5 Å². The Morgan fingerprint density at radius 3 is 2.52 bits per heavy atom. The van der Waals surface area contributed by atoms with E-state index in [1.807, 2.05) is 48.5 Å². The van der Waals surface area contributed by atoms with E-state index in [9.17, 15) is 9.18 Å². The van der Waals surface area contributed by atoms with E-state index < -0.39 is 11.8 Å². The van der Waals surface area contributed by atoms with Crippen LogP contribution in [0.15, 0.2) is 83.0 Å². The van der Waals surface area contributed by atoms with E-state index in [-0.39, 0.29) is 5.56 Å². The van der Waals surface area contributed by atoms with Crippen molar-refractivity contribution in [2.75, 3.05) is 0 Å². The van der Waals surface area contributed by atoms with Gasteiger partial charge in [-0.1, -0.05) is 72.4 Å². The summed E-state index contributed by atoms with van der Waals surface area (Å²) in [7, 11) is 0. The Hall–Kier alpha value is -3.45. The summed E-state index contributed by atoms with van der Waals surface area (Å²) in [5.41, 5.74) is 8.62. The topological polar surface area (TPSA) is 88.0 Å². The van der Waals surface area contributed by atoms with Crippen LogP contribution in [0.25, 0.3) is 11.1 Å². The van der Waals surface area contributed by atoms with Gasteiger partial charge >= 0.3 is 5.97 Å². The van der Waals surface area contributed by atoms with Gasteiger partial charge in [-0.15, -0.1) is 5.10 Å². The minimum absolute atomic E-state index is 0.333. The molecule has 0 unspecified atom stereocenters. The van der Waals surface area contributed by atoms with Crippen LogP contribution in [-0.4, -0.2) is 22.5 Å². The molecule has 0 spiro atoms. The molecule has 5 nitrogen and oxygen atoms in total. The number of rotatable bonds is 6. The summed E-state index contributed by atoms with van der Waals surface area (Å²) in [4.78, 5) is 11.0. The molecule has 0 aliphatic heterocycles. The number of amidine groups is 1. The lowest BCUT2D eigenvalue weighted by atomic mass is 9.99. The van der Waals surface area contributed by atoms with Crippen molar-refractivity contribution in [3.05, 3.63) is 95.3 Å². The van der Waals surface area contributed by atoms with Gasteiger partial charge in [-0.05, 0) is 28.8 Å². The van der Waals surface area contributed by atoms with Gasteiger partial charge < -0.3 is 10.8 Å². The third-order valence-corrected chi connectivity index (χ3v) is 4.91. The highest BCUT2D eigenvalue weighted by Crippen LogP contribution is 2.25. The Bertz CT molecular complexity index is 1070. The van der Waals surface area contributed by atoms with Crippen molar-refractivity contribution in [1.29, 1.82) is 0 Å². The third kappa shape index (κ3) is 5.52. The number of carboxylic acid groups (broad SMARTS) is 1. The van der Waals surface area contributed by atoms with E-state index in [2.05, 4.69) is 10.2 Å². The SMILES string of the molecule is NC(=NN=Cc1ccccc1-c1ccc(C(=O)O)c(F)c1)SCc1ccccc1. The molecular formula is C22H18FN3O2S. The molecule has 3 rings (SSSR count). The number of hydrogen-bond acceptors (Lipinski definition) is 4. The van der Waals surface area contributed by atoms with E-state index in [1.165, 1.54) is 30.1 Å². The lowest BCUT2D eigenvalue weighted by Gasteiger charge is -2.07. The Balaban J connectivity index is 1.75. The predicted molar refractivity (Wildman–Crippen MR) is 116 cm³/mol. The maximum atomic E-state index is 14.0. The first kappa shape index (κ1) is 20.3. The number of carboxylic acids is 1. The molecule has 3 aromatic carbocycles. The van der Waals surface area contributed by atoms with Gasteiger partial charge in [0.1, 0.15) is 5.82 Å². The van der Waals surface area contributed by atoms with Gasteiger partial charge in [0.15, 0.2) is 5.17 Å². The van der Waals surface area contributed by atoms with Crippen molar-refractivity contribution >= 4 is 29.1 Å². The third-order valence-electron chi connectivity index (χ3n) is 4.05. The molecule has 0 fully saturated rings. The van der Waals surface area contributed by atoms with Gasteiger partial charge in [0, 0.05) is 11.3 Å². The van der Waals surface area contributed by atoms with Crippen molar-refractivity contribution in [2.24, 2.45) is 15.9 Å². The molecule has 0 radical (unpaired) electrons. The molecule has 0 aliphatic rings. The van der Waals surface area contributed by atoms with Crippen LogP contribution >= 0.6 is 11.8 Å². The van der Waals surface area contributed by atoms with Gasteiger partial charge in [-0.2, -0.15) is 5.10 Å². The van der Waals surface area contributed by atoms with E-state index >= 15 is 0 Å². The molecule has 29 heavy (non-hydrogen) atoms. The van der Waals surface area contributed by atoms with Crippen LogP contribution in [0.5, 0.6) is 0 Å². The molecule has 0 aliphatic carbocycles. The highest BCUT2D eigenvalue weighted by molar-refractivity contribution is 8.13. The molecular weight excluding hydrogens is 389 g/mol. The molecule has 0 atom stereocenters. The number of aromatic carboxylic acids is 1. The summed E-state index contributed by atoms with van der Waals surface area (Å²) in [6, 6.07) is 21.1. The average Bonchev–Trinajstić information content (AvgIpc) is 2.73. The first-order chi connectivity index (χ1) is 14.0. The number of nitrogens with zero attached hydrogens (tertiary/aromatic N) is 2. The number of nitrogens with two attached hydrogens (primary N) is 1. The molecule has 146 valence electrons. The lowest BCUT2D eigenvalue weighted by Crippen LogP contribution is -2.06. The fourth-order valence-corrected chi connectivity index (χ4v) is 3.25. The van der Waals surface area contributed by atoms with Crippen molar-refractivity contribution < 1.29 is 14.3 Å². The monoisotopic (exact) mass is 407 g/mol. The molecule has 0 saturated carbocycles. The first-order valence-electron chi connectivity index (χ1n) is 8.70. The van der Waals surface area contributed by atoms with Gasteiger partial charge in [0.2, 0.25) is 0 Å². The highest BCUT2D eigenvalue weighted by Gasteiger charge is 2.12. The molecule has 3 aromatic rings. The summed E-state index contributed by atoms with van der Waals surface area (Å²) in [5.74, 6) is -1.40. The van der Waals surface area contributed by atoms with Gasteiger partial charge in [0.05, 0.1) is 11.8 Å². The second-order valence-electron chi connectivity index (χ2n) is 6.04. The van der Waals surface area contributed by atoms with Crippen molar-refractivity contribution in [3.8, 4) is 11.1 Å². The number of halogens is 1. The number of hydrogen-bond donors (Lipinski definition) is 2. The van der Waals surface area contributed by atoms with Crippen LogP contribution in [0.4, 0.5) is 4.39 Å². The fraction of sp³-hybridized carbons (Fsp3) is 0.0455. The van der Waals surface area contributed by atoms with Crippen molar-refractivity contribution in [2.45, 2.75) is 5.75 Å². The molecule has 0 amide bonds. The second-order valence-corrected chi connectivity index (χ2v) is 7.04. The van der Waals surface area contributed by atoms with Crippen LogP contribution in [0.2, 0.25) is 0 Å². The van der Waals surface area contributed by atoms with Crippen LogP contribution < -0.4 is 5.73 Å². The number of thioether (sulfide) groups is 1. The Morgan fingerprint density at radius 2 is 1.79 bits per heavy atom. The predicted octanol–water partition coefficient (Wildman–Crippen LogP) is 4.77. The van der Waals surface area contributed by atoms with Crippen molar-refractivity contribution in [3.63, 3.8) is 0 Å². The normalized spacial score (nSPS) is 11.7. The van der Waals surface area contributed by atoms with Gasteiger partial charge in [-0.25, -0.2) is 9.18 Å². The minimum atomic E-state index is -1.30. The summed E-state index contributed by atoms with van der Waals surface area (Å²) in [6.45, 7) is 0. The maximum Gasteiger partial charge on any atom is 0.338 e. The molecule has 0 saturated heterocycles. The molecule has 3 N–H and O–H groups in total. The molecule has 0 aromatic heterocycles. The van der Waals surface area contributed by atoms with E-state index in [1.54, 1.807) is 12.1 Å². The zero-order valence-electron chi connectivity index (χ0n) is 15.3. The second kappa shape index (κ2) is 9.66. The summed E-state index contributed by atoms with van der Waals surface area (Å²) >= 11 is 1.38. The largest absolute Gasteiger partial charge is 0.478 e. The summed E-state index contributed by atoms with van der Waals surface area (Å²) in [6.07, 6.45) is 1.54. The van der Waals surface area contributed by atoms with Crippen LogP contribution in [0.3, 0.4) is 0 Å². The Labute approximate surface area is 171 Å². The minimum Gasteiger partial charge on any atom is -0.478 e. The molecule has 7 heteroatoms. The van der Waals surface area contributed by atoms with E-state index in [0.717, 1.165) is 5.56 Å². The fourth-order valence-electron chi connectivity index (χ4n) is 2.64. The maximum absolute atomic E-state index is 14.0. The zero-order chi connectivity index (χ0) is 20.6. The van der Waals surface area contributed by atoms with Gasteiger partial charge in [-0.3, -0.25) is 0 Å². The zero-order valence-corrected chi connectivity index (χ0v) is 16.1. The Morgan fingerprint density at radius 1 is 1.07 bits per heavy atom. The highest BCUT2D eigenvalue weighted by atomic mass is 32.2.